The molecule has 0 aliphatic carbocycles. The number of para-hydroxylation sites is 2. The molecule has 1 saturated heterocycles. The number of nitrogens with zero attached hydrogens (tertiary/aromatic N) is 1. The number of benzene rings is 2. The van der Waals surface area contributed by atoms with E-state index in [2.05, 4.69) is 16.5 Å². The molecule has 1 N–H and O–H groups in total. The van der Waals surface area contributed by atoms with Gasteiger partial charge >= 0.3 is 0 Å². The van der Waals surface area contributed by atoms with Crippen molar-refractivity contribution in [2.45, 2.75) is 43.9 Å². The van der Waals surface area contributed by atoms with Gasteiger partial charge in [-0.15, -0.1) is 0 Å². The van der Waals surface area contributed by atoms with E-state index in [1.54, 1.807) is 24.3 Å². The Kier molecular flexibility index (Phi) is 6.61. The number of piperidine rings is 1. The summed E-state index contributed by atoms with van der Waals surface area (Å²) in [6, 6.07) is 14.2. The lowest BCUT2D eigenvalue weighted by atomic mass is 10.1. The zero-order valence-corrected chi connectivity index (χ0v) is 16.7. The zero-order chi connectivity index (χ0) is 19.1. The van der Waals surface area contributed by atoms with E-state index < -0.39 is 10.0 Å². The Balaban J connectivity index is 1.75. The summed E-state index contributed by atoms with van der Waals surface area (Å²) >= 11 is 0. The fourth-order valence-corrected chi connectivity index (χ4v) is 4.30. The fraction of sp³-hybridized carbons (Fsp3) is 0.429. The van der Waals surface area contributed by atoms with Gasteiger partial charge in [0.1, 0.15) is 5.75 Å². The first kappa shape index (κ1) is 19.5. The fourth-order valence-electron chi connectivity index (χ4n) is 3.22. The van der Waals surface area contributed by atoms with E-state index in [1.807, 2.05) is 24.3 Å². The third kappa shape index (κ3) is 5.16. The molecule has 27 heavy (non-hydrogen) atoms. The predicted molar refractivity (Wildman–Crippen MR) is 110 cm³/mol. The van der Waals surface area contributed by atoms with Gasteiger partial charge in [0.05, 0.1) is 22.9 Å². The Morgan fingerprint density at radius 2 is 1.70 bits per heavy atom. The summed E-state index contributed by atoms with van der Waals surface area (Å²) in [6.07, 6.45) is 5.56. The van der Waals surface area contributed by atoms with Crippen LogP contribution in [0.2, 0.25) is 0 Å². The highest BCUT2D eigenvalue weighted by Crippen LogP contribution is 2.30. The second-order valence-corrected chi connectivity index (χ2v) is 8.53. The van der Waals surface area contributed by atoms with Crippen LogP contribution in [-0.2, 0) is 10.0 Å². The van der Waals surface area contributed by atoms with Gasteiger partial charge in [0.25, 0.3) is 10.0 Å². The Bertz CT molecular complexity index is 829. The van der Waals surface area contributed by atoms with Crippen molar-refractivity contribution in [2.75, 3.05) is 29.3 Å². The molecule has 1 fully saturated rings. The number of sulfonamides is 1. The monoisotopic (exact) mass is 388 g/mol. The highest BCUT2D eigenvalue weighted by molar-refractivity contribution is 7.92. The van der Waals surface area contributed by atoms with Crippen molar-refractivity contribution in [3.8, 4) is 5.75 Å². The molecule has 5 nitrogen and oxygen atoms in total. The van der Waals surface area contributed by atoms with Crippen LogP contribution in [0.4, 0.5) is 11.4 Å². The van der Waals surface area contributed by atoms with Gasteiger partial charge in [-0.1, -0.05) is 25.5 Å². The first-order valence-corrected chi connectivity index (χ1v) is 11.2. The van der Waals surface area contributed by atoms with Crippen LogP contribution < -0.4 is 14.4 Å². The van der Waals surface area contributed by atoms with Crippen LogP contribution in [0.3, 0.4) is 0 Å². The Hall–Kier alpha value is -2.21. The summed E-state index contributed by atoms with van der Waals surface area (Å²) in [5.41, 5.74) is 1.57. The number of rotatable bonds is 8. The van der Waals surface area contributed by atoms with E-state index in [9.17, 15) is 8.42 Å². The van der Waals surface area contributed by atoms with E-state index in [-0.39, 0.29) is 4.90 Å². The van der Waals surface area contributed by atoms with Crippen LogP contribution in [0.15, 0.2) is 53.4 Å². The minimum absolute atomic E-state index is 0.235. The summed E-state index contributed by atoms with van der Waals surface area (Å²) in [5, 5.41) is 0. The molecule has 0 saturated carbocycles. The normalized spacial score (nSPS) is 14.8. The Morgan fingerprint density at radius 3 is 2.41 bits per heavy atom. The molecule has 1 aliphatic heterocycles. The average Bonchev–Trinajstić information content (AvgIpc) is 2.69. The molecule has 0 aromatic heterocycles. The number of anilines is 2. The highest BCUT2D eigenvalue weighted by Gasteiger charge is 2.19. The van der Waals surface area contributed by atoms with Crippen LogP contribution in [0.25, 0.3) is 0 Å². The second-order valence-electron chi connectivity index (χ2n) is 6.84. The molecule has 2 aromatic rings. The summed E-state index contributed by atoms with van der Waals surface area (Å²) in [6.45, 7) is 4.67. The second kappa shape index (κ2) is 9.13. The average molecular weight is 389 g/mol. The predicted octanol–water partition coefficient (Wildman–Crippen LogP) is 4.66. The Labute approximate surface area is 162 Å². The molecule has 0 radical (unpaired) electrons. The maximum atomic E-state index is 12.8. The van der Waals surface area contributed by atoms with Crippen molar-refractivity contribution < 1.29 is 13.2 Å². The lowest BCUT2D eigenvalue weighted by molar-refractivity contribution is 0.309. The van der Waals surface area contributed by atoms with E-state index in [0.29, 0.717) is 18.0 Å². The quantitative estimate of drug-likeness (QED) is 0.669. The molecule has 6 heteroatoms. The molecule has 2 aromatic carbocycles. The number of hydrogen-bond acceptors (Lipinski definition) is 4. The highest BCUT2D eigenvalue weighted by atomic mass is 32.2. The largest absolute Gasteiger partial charge is 0.494 e. The van der Waals surface area contributed by atoms with E-state index >= 15 is 0 Å². The van der Waals surface area contributed by atoms with Gasteiger partial charge in [-0.05, 0) is 62.1 Å². The number of nitrogens with one attached hydrogen (secondary N) is 1. The topological polar surface area (TPSA) is 58.6 Å². The van der Waals surface area contributed by atoms with Crippen LogP contribution >= 0.6 is 0 Å². The Morgan fingerprint density at radius 1 is 1.00 bits per heavy atom. The van der Waals surface area contributed by atoms with Crippen molar-refractivity contribution in [1.82, 2.24) is 0 Å². The third-order valence-electron chi connectivity index (χ3n) is 4.75. The van der Waals surface area contributed by atoms with Crippen LogP contribution in [0, 0.1) is 0 Å². The maximum absolute atomic E-state index is 12.8. The lowest BCUT2D eigenvalue weighted by Crippen LogP contribution is -2.30. The molecule has 146 valence electrons. The van der Waals surface area contributed by atoms with Crippen molar-refractivity contribution in [3.63, 3.8) is 0 Å². The standard InChI is InChI=1S/C21H28N2O3S/c1-2-3-17-26-18-11-13-19(14-12-18)27(24,25)22-20-9-5-6-10-21(20)23-15-7-4-8-16-23/h5-6,9-14,22H,2-4,7-8,15-17H2,1H3. The lowest BCUT2D eigenvalue weighted by Gasteiger charge is -2.30. The van der Waals surface area contributed by atoms with Gasteiger partial charge in [0.2, 0.25) is 0 Å². The summed E-state index contributed by atoms with van der Waals surface area (Å²) < 4.78 is 34.0. The summed E-state index contributed by atoms with van der Waals surface area (Å²) in [4.78, 5) is 2.49. The molecule has 0 atom stereocenters. The molecule has 3 rings (SSSR count). The minimum atomic E-state index is -3.65. The smallest absolute Gasteiger partial charge is 0.261 e. The third-order valence-corrected chi connectivity index (χ3v) is 6.13. The van der Waals surface area contributed by atoms with Crippen molar-refractivity contribution in [3.05, 3.63) is 48.5 Å². The van der Waals surface area contributed by atoms with Gasteiger partial charge in [-0.25, -0.2) is 8.42 Å². The maximum Gasteiger partial charge on any atom is 0.261 e. The van der Waals surface area contributed by atoms with E-state index in [1.165, 1.54) is 6.42 Å². The summed E-state index contributed by atoms with van der Waals surface area (Å²) in [5.74, 6) is 0.691. The van der Waals surface area contributed by atoms with Crippen LogP contribution in [0.1, 0.15) is 39.0 Å². The van der Waals surface area contributed by atoms with Gasteiger partial charge in [0, 0.05) is 13.1 Å². The molecule has 1 heterocycles. The first-order valence-electron chi connectivity index (χ1n) is 9.70. The molecule has 0 amide bonds. The van der Waals surface area contributed by atoms with E-state index in [4.69, 9.17) is 4.74 Å². The SMILES string of the molecule is CCCCOc1ccc(S(=O)(=O)Nc2ccccc2N2CCCCC2)cc1. The van der Waals surface area contributed by atoms with Gasteiger partial charge < -0.3 is 9.64 Å². The van der Waals surface area contributed by atoms with Crippen LogP contribution in [-0.4, -0.2) is 28.1 Å². The molecule has 0 unspecified atom stereocenters. The van der Waals surface area contributed by atoms with Crippen molar-refractivity contribution >= 4 is 21.4 Å². The molecule has 1 aliphatic rings. The number of ether oxygens (including phenoxy) is 1. The van der Waals surface area contributed by atoms with Gasteiger partial charge in [-0.2, -0.15) is 0 Å². The van der Waals surface area contributed by atoms with Gasteiger partial charge in [0.15, 0.2) is 0 Å². The summed E-state index contributed by atoms with van der Waals surface area (Å²) in [7, 11) is -3.65. The number of hydrogen-bond donors (Lipinski definition) is 1. The van der Waals surface area contributed by atoms with Gasteiger partial charge in [-0.3, -0.25) is 4.72 Å². The zero-order valence-electron chi connectivity index (χ0n) is 15.9. The molecule has 0 spiro atoms. The molecule has 0 bridgehead atoms. The minimum Gasteiger partial charge on any atom is -0.494 e. The molecular weight excluding hydrogens is 360 g/mol. The van der Waals surface area contributed by atoms with Crippen molar-refractivity contribution in [1.29, 1.82) is 0 Å². The first-order chi connectivity index (χ1) is 13.1. The van der Waals surface area contributed by atoms with Crippen LogP contribution in [0.5, 0.6) is 5.75 Å². The molecular formula is C21H28N2O3S. The number of unbranched alkanes of at least 4 members (excludes halogenated alkanes) is 1. The van der Waals surface area contributed by atoms with Crippen molar-refractivity contribution in [2.24, 2.45) is 0 Å². The van der Waals surface area contributed by atoms with E-state index in [0.717, 1.165) is 44.5 Å².